The van der Waals surface area contributed by atoms with Gasteiger partial charge in [0.25, 0.3) is 5.91 Å². The summed E-state index contributed by atoms with van der Waals surface area (Å²) >= 11 is 0. The number of esters is 1. The number of hydrogen-bond donors (Lipinski definition) is 3. The van der Waals surface area contributed by atoms with Crippen LogP contribution in [0.5, 0.6) is 0 Å². The minimum atomic E-state index is -3.93. The van der Waals surface area contributed by atoms with Gasteiger partial charge < -0.3 is 10.1 Å². The zero-order chi connectivity index (χ0) is 20.9. The first kappa shape index (κ1) is 21.3. The molecule has 0 bridgehead atoms. The number of amides is 1. The van der Waals surface area contributed by atoms with Crippen molar-refractivity contribution < 1.29 is 31.2 Å². The fraction of sp³-hybridized carbons (Fsp3) is 0.125. The zero-order valence-electron chi connectivity index (χ0n) is 14.6. The van der Waals surface area contributed by atoms with Crippen LogP contribution in [0.1, 0.15) is 10.4 Å². The van der Waals surface area contributed by atoms with Gasteiger partial charge in [0.15, 0.2) is 6.61 Å². The number of carbonyl (C=O) groups is 2. The summed E-state index contributed by atoms with van der Waals surface area (Å²) in [6, 6.07) is 10.8. The predicted molar refractivity (Wildman–Crippen MR) is 102 cm³/mol. The SMILES string of the molecule is CS(=O)(=O)Nc1cccc(C(=O)OCC(=O)Nc2cccc(S(N)(=O)=O)c2)c1. The van der Waals surface area contributed by atoms with E-state index in [0.29, 0.717) is 0 Å². The van der Waals surface area contributed by atoms with E-state index in [1.165, 1.54) is 42.5 Å². The van der Waals surface area contributed by atoms with Crippen LogP contribution in [0.3, 0.4) is 0 Å². The maximum Gasteiger partial charge on any atom is 0.338 e. The Balaban J connectivity index is 1.98. The summed E-state index contributed by atoms with van der Waals surface area (Å²) < 4.78 is 52.2. The molecule has 0 heterocycles. The van der Waals surface area contributed by atoms with Crippen molar-refractivity contribution >= 4 is 43.3 Å². The molecule has 2 aromatic carbocycles. The fourth-order valence-electron chi connectivity index (χ4n) is 2.09. The van der Waals surface area contributed by atoms with Crippen molar-refractivity contribution in [1.82, 2.24) is 0 Å². The average molecular weight is 427 g/mol. The van der Waals surface area contributed by atoms with E-state index in [0.717, 1.165) is 12.3 Å². The third-order valence-electron chi connectivity index (χ3n) is 3.18. The molecule has 1 amide bonds. The van der Waals surface area contributed by atoms with Crippen LogP contribution in [0, 0.1) is 0 Å². The predicted octanol–water partition coefficient (Wildman–Crippen LogP) is 0.501. The van der Waals surface area contributed by atoms with Gasteiger partial charge in [0.1, 0.15) is 0 Å². The first-order valence-electron chi connectivity index (χ1n) is 7.62. The molecule has 0 fully saturated rings. The van der Waals surface area contributed by atoms with E-state index in [-0.39, 0.29) is 21.8 Å². The number of anilines is 2. The smallest absolute Gasteiger partial charge is 0.338 e. The van der Waals surface area contributed by atoms with Crippen LogP contribution >= 0.6 is 0 Å². The quantitative estimate of drug-likeness (QED) is 0.542. The third-order valence-corrected chi connectivity index (χ3v) is 4.70. The Kier molecular flexibility index (Phi) is 6.38. The molecule has 0 atom stereocenters. The Morgan fingerprint density at radius 3 is 2.29 bits per heavy atom. The molecule has 0 spiro atoms. The van der Waals surface area contributed by atoms with Crippen molar-refractivity contribution in [2.24, 2.45) is 5.14 Å². The van der Waals surface area contributed by atoms with E-state index < -0.39 is 38.5 Å². The number of ether oxygens (including phenoxy) is 1. The highest BCUT2D eigenvalue weighted by atomic mass is 32.2. The maximum atomic E-state index is 12.0. The number of nitrogens with one attached hydrogen (secondary N) is 2. The van der Waals surface area contributed by atoms with E-state index in [9.17, 15) is 26.4 Å². The maximum absolute atomic E-state index is 12.0. The summed E-state index contributed by atoms with van der Waals surface area (Å²) in [5.74, 6) is -1.55. The molecule has 0 aliphatic carbocycles. The summed E-state index contributed by atoms with van der Waals surface area (Å²) in [7, 11) is -7.44. The van der Waals surface area contributed by atoms with Crippen molar-refractivity contribution in [2.45, 2.75) is 4.90 Å². The molecule has 150 valence electrons. The van der Waals surface area contributed by atoms with E-state index >= 15 is 0 Å². The lowest BCUT2D eigenvalue weighted by Crippen LogP contribution is -2.21. The summed E-state index contributed by atoms with van der Waals surface area (Å²) in [4.78, 5) is 23.7. The Morgan fingerprint density at radius 1 is 1.00 bits per heavy atom. The number of primary sulfonamides is 1. The molecule has 2 aromatic rings. The molecule has 0 aliphatic rings. The molecule has 0 unspecified atom stereocenters. The van der Waals surface area contributed by atoms with Gasteiger partial charge in [0.2, 0.25) is 20.0 Å². The van der Waals surface area contributed by atoms with Crippen LogP contribution in [0.4, 0.5) is 11.4 Å². The van der Waals surface area contributed by atoms with Gasteiger partial charge in [-0.25, -0.2) is 26.8 Å². The molecular formula is C16H17N3O7S2. The highest BCUT2D eigenvalue weighted by molar-refractivity contribution is 7.92. The van der Waals surface area contributed by atoms with Crippen molar-refractivity contribution in [3.8, 4) is 0 Å². The lowest BCUT2D eigenvalue weighted by atomic mass is 10.2. The first-order valence-corrected chi connectivity index (χ1v) is 11.1. The summed E-state index contributed by atoms with van der Waals surface area (Å²) in [5.41, 5.74) is 0.366. The molecule has 4 N–H and O–H groups in total. The first-order chi connectivity index (χ1) is 12.9. The molecule has 0 aliphatic heterocycles. The molecule has 28 heavy (non-hydrogen) atoms. The number of sulfonamides is 2. The number of carbonyl (C=O) groups excluding carboxylic acids is 2. The average Bonchev–Trinajstić information content (AvgIpc) is 2.58. The molecule has 10 nitrogen and oxygen atoms in total. The Hall–Kier alpha value is -2.96. The van der Waals surface area contributed by atoms with E-state index in [2.05, 4.69) is 10.0 Å². The highest BCUT2D eigenvalue weighted by Crippen LogP contribution is 2.15. The minimum Gasteiger partial charge on any atom is -0.452 e. The van der Waals surface area contributed by atoms with Crippen LogP contribution in [0.25, 0.3) is 0 Å². The second-order valence-corrected chi connectivity index (χ2v) is 8.96. The minimum absolute atomic E-state index is 0.0395. The Labute approximate surface area is 161 Å². The van der Waals surface area contributed by atoms with Crippen LogP contribution in [0.15, 0.2) is 53.4 Å². The Bertz CT molecular complexity index is 1110. The summed E-state index contributed by atoms with van der Waals surface area (Å²) in [6.45, 7) is -0.637. The van der Waals surface area contributed by atoms with Crippen LogP contribution in [-0.2, 0) is 29.6 Å². The molecule has 0 saturated carbocycles. The molecular weight excluding hydrogens is 410 g/mol. The van der Waals surface area contributed by atoms with Gasteiger partial charge in [-0.15, -0.1) is 0 Å². The number of benzene rings is 2. The topological polar surface area (TPSA) is 162 Å². The molecule has 12 heteroatoms. The fourth-order valence-corrected chi connectivity index (χ4v) is 3.20. The van der Waals surface area contributed by atoms with Crippen molar-refractivity contribution in [2.75, 3.05) is 22.9 Å². The largest absolute Gasteiger partial charge is 0.452 e. The van der Waals surface area contributed by atoms with Gasteiger partial charge in [-0.05, 0) is 36.4 Å². The van der Waals surface area contributed by atoms with E-state index in [1.54, 1.807) is 0 Å². The van der Waals surface area contributed by atoms with Gasteiger partial charge in [0, 0.05) is 11.4 Å². The van der Waals surface area contributed by atoms with Crippen LogP contribution in [0.2, 0.25) is 0 Å². The van der Waals surface area contributed by atoms with Gasteiger partial charge >= 0.3 is 5.97 Å². The normalized spacial score (nSPS) is 11.5. The third kappa shape index (κ3) is 6.64. The summed E-state index contributed by atoms with van der Waals surface area (Å²) in [5, 5.41) is 7.39. The lowest BCUT2D eigenvalue weighted by molar-refractivity contribution is -0.119. The van der Waals surface area contributed by atoms with Crippen LogP contribution < -0.4 is 15.2 Å². The van der Waals surface area contributed by atoms with Crippen LogP contribution in [-0.4, -0.2) is 41.6 Å². The van der Waals surface area contributed by atoms with Gasteiger partial charge in [-0.2, -0.15) is 0 Å². The second-order valence-electron chi connectivity index (χ2n) is 5.65. The summed E-state index contributed by atoms with van der Waals surface area (Å²) in [6.07, 6.45) is 0.966. The van der Waals surface area contributed by atoms with Crippen molar-refractivity contribution in [1.29, 1.82) is 0 Å². The zero-order valence-corrected chi connectivity index (χ0v) is 16.2. The van der Waals surface area contributed by atoms with Gasteiger partial charge in [-0.3, -0.25) is 9.52 Å². The van der Waals surface area contributed by atoms with Crippen molar-refractivity contribution in [3.05, 3.63) is 54.1 Å². The number of nitrogens with two attached hydrogens (primary N) is 1. The molecule has 0 aromatic heterocycles. The van der Waals surface area contributed by atoms with Gasteiger partial charge in [-0.1, -0.05) is 12.1 Å². The standard InChI is InChI=1S/C16H17N3O7S2/c1-27(22,23)19-13-6-2-4-11(8-13)16(21)26-10-15(20)18-12-5-3-7-14(9-12)28(17,24)25/h2-9,19H,10H2,1H3,(H,18,20)(H2,17,24,25). The van der Waals surface area contributed by atoms with E-state index in [1.807, 2.05) is 0 Å². The number of hydrogen-bond acceptors (Lipinski definition) is 7. The second kappa shape index (κ2) is 8.37. The number of rotatable bonds is 7. The molecule has 0 saturated heterocycles. The van der Waals surface area contributed by atoms with Gasteiger partial charge in [0.05, 0.1) is 16.7 Å². The lowest BCUT2D eigenvalue weighted by Gasteiger charge is -2.09. The highest BCUT2D eigenvalue weighted by Gasteiger charge is 2.13. The monoisotopic (exact) mass is 427 g/mol. The Morgan fingerprint density at radius 2 is 1.64 bits per heavy atom. The van der Waals surface area contributed by atoms with Crippen molar-refractivity contribution in [3.63, 3.8) is 0 Å². The molecule has 0 radical (unpaired) electrons. The molecule has 2 rings (SSSR count). The van der Waals surface area contributed by atoms with E-state index in [4.69, 9.17) is 9.88 Å².